The molecule has 0 radical (unpaired) electrons. The third-order valence-corrected chi connectivity index (χ3v) is 22.7. The second-order valence-corrected chi connectivity index (χ2v) is 31.9. The van der Waals surface area contributed by atoms with Crippen LogP contribution in [-0.4, -0.2) is 378 Å². The van der Waals surface area contributed by atoms with Crippen molar-refractivity contribution in [3.8, 4) is 0 Å². The molecule has 1 aromatic carbocycles. The number of imide groups is 1. The average Bonchev–Trinajstić information content (AvgIpc) is 1.64. The van der Waals surface area contributed by atoms with Crippen LogP contribution in [0.25, 0.3) is 0 Å². The number of carbonyl (C=O) groups is 18. The molecule has 14 amide bonds. The number of hydrogen-bond acceptors (Lipinski definition) is 28. The Balaban J connectivity index is 1.05. The number of unbranched alkanes of at least 4 members (excludes halogenated alkanes) is 1. The summed E-state index contributed by atoms with van der Waals surface area (Å²) in [6.07, 6.45) is -1.71. The van der Waals surface area contributed by atoms with Crippen molar-refractivity contribution < 1.29 is 126 Å². The molecular formula is C77H117N17O26S2. The number of aliphatic hydroxyl groups excluding tert-OH is 1. The Kier molecular flexibility index (Phi) is 44.5. The summed E-state index contributed by atoms with van der Waals surface area (Å²) in [6.45, 7) is 5.73. The quantitative estimate of drug-likeness (QED) is 0.0215. The summed E-state index contributed by atoms with van der Waals surface area (Å²) in [5, 5.41) is 74.5. The highest BCUT2D eigenvalue weighted by Crippen LogP contribution is 2.34. The van der Waals surface area contributed by atoms with Gasteiger partial charge in [0.2, 0.25) is 70.9 Å². The topological polar surface area (TPSA) is 602 Å². The molecular weight excluding hydrogens is 1640 g/mol. The number of benzene rings is 1. The van der Waals surface area contributed by atoms with Gasteiger partial charge in [0.05, 0.1) is 74.9 Å². The number of nitrogens with one attached hydrogen (secondary N) is 10. The lowest BCUT2D eigenvalue weighted by atomic mass is 10.0. The SMILES string of the molecule is CCCC[C@H](NC(=O)CCC(=O)NCCCOCCOCCOCCCNC(=O)CN1CCN(CC(=O)O)CCN(CC(=O)O)CCN(CC(=O)O)CC1)C(=O)N[C@H]1CSC2=C(SC[C@@H](C(=O)NCCC(=O)O)NC(=O)[C@H](Cc3ccccc3)NC(=O)[C@H](CCC(N)=O)NC(=O)[C@H]([C@@H](C)O)NC(=O)[C@@H]3CCCN3C(=O)[C@@H]3CCCN3C1=O)C(=O)NC2=O. The lowest BCUT2D eigenvalue weighted by Gasteiger charge is -2.34. The van der Waals surface area contributed by atoms with Gasteiger partial charge in [-0.05, 0) is 63.9 Å². The third kappa shape index (κ3) is 36.2. The standard InChI is InChI=1S/C77H117N17O26S2/c1-3-4-14-50(82-59(98)20-19-58(97)79-22-10-35-118-37-39-120-40-38-119-36-11-23-80-60(99)42-89-27-29-90(43-62(102)103)31-33-92(45-64(106)107)34-32-91(30-28-89)44-63(104)105)69(109)86-54-47-122-67-66(74(114)88-75(67)115)121-46-53(68(108)81-24-21-61(100)101)85-71(111)52(41-49-12-6-5-7-13-49)84-70(110)51(17-18-57(78)96)83-73(113)65(48(2)95)87-72(112)55-15-8-25-93(55)77(117)56-16-9-26-94(56)76(54)116/h5-7,12-13,48,50-56,65,95H,3-4,8-11,14-47H2,1-2H3,(H2,78,96)(H,79,97)(H,80,99)(H,81,108)(H,82,98)(H,83,113)(H,84,110)(H,85,111)(H,86,109)(H,87,112)(H,100,101)(H,102,103)(H,104,105)(H,106,107)(H,88,114,115)/t48-,50+,51+,52+,53+,54+,55+,56+,65+/m1/s1. The minimum Gasteiger partial charge on any atom is -0.481 e. The number of rotatable bonds is 41. The molecule has 0 unspecified atom stereocenters. The van der Waals surface area contributed by atoms with Gasteiger partial charge in [-0.15, -0.1) is 23.5 Å². The van der Waals surface area contributed by atoms with Gasteiger partial charge in [0, 0.05) is 135 Å². The van der Waals surface area contributed by atoms with Gasteiger partial charge in [-0.2, -0.15) is 0 Å². The van der Waals surface area contributed by atoms with Crippen LogP contribution in [-0.2, 0) is 107 Å². The van der Waals surface area contributed by atoms with Crippen LogP contribution in [0.3, 0.4) is 0 Å². The summed E-state index contributed by atoms with van der Waals surface area (Å²) < 4.78 is 16.9. The van der Waals surface area contributed by atoms with Crippen molar-refractivity contribution in [2.24, 2.45) is 5.73 Å². The number of ether oxygens (including phenoxy) is 3. The Hall–Kier alpha value is -10.0. The molecule has 3 saturated heterocycles. The maximum atomic E-state index is 15.3. The normalized spacial score (nSPS) is 22.0. The largest absolute Gasteiger partial charge is 0.481 e. The molecule has 1 aromatic rings. The molecule has 17 N–H and O–H groups in total. The Labute approximate surface area is 713 Å². The van der Waals surface area contributed by atoms with Crippen LogP contribution in [0.4, 0.5) is 0 Å². The average molecular weight is 1760 g/mol. The first-order valence-electron chi connectivity index (χ1n) is 40.9. The molecule has 0 aromatic heterocycles. The lowest BCUT2D eigenvalue weighted by molar-refractivity contribution is -0.148. The van der Waals surface area contributed by atoms with E-state index in [-0.39, 0.29) is 185 Å². The predicted molar refractivity (Wildman–Crippen MR) is 437 cm³/mol. The van der Waals surface area contributed by atoms with Crippen LogP contribution in [0.5, 0.6) is 0 Å². The number of carbonyl (C=O) groups excluding carboxylic acids is 14. The minimum atomic E-state index is -1.81. The van der Waals surface area contributed by atoms with Crippen molar-refractivity contribution in [2.45, 2.75) is 165 Å². The fraction of sp³-hybridized carbons (Fsp3) is 0.662. The van der Waals surface area contributed by atoms with E-state index >= 15 is 4.79 Å². The summed E-state index contributed by atoms with van der Waals surface area (Å²) in [5.41, 5.74) is 5.95. The van der Waals surface area contributed by atoms with Crippen LogP contribution in [0.15, 0.2) is 40.1 Å². The number of carboxylic acid groups (broad SMARTS) is 4. The van der Waals surface area contributed by atoms with E-state index < -0.39 is 192 Å². The number of amides is 14. The lowest BCUT2D eigenvalue weighted by Crippen LogP contribution is -2.62. The molecule has 0 saturated carbocycles. The van der Waals surface area contributed by atoms with Gasteiger partial charge < -0.3 is 103 Å². The highest BCUT2D eigenvalue weighted by atomic mass is 32.2. The van der Waals surface area contributed by atoms with E-state index in [1.807, 2.05) is 11.8 Å². The van der Waals surface area contributed by atoms with Gasteiger partial charge in [0.25, 0.3) is 11.8 Å². The zero-order valence-electron chi connectivity index (χ0n) is 68.8. The third-order valence-electron chi connectivity index (χ3n) is 20.2. The fourth-order valence-corrected chi connectivity index (χ4v) is 16.1. The Morgan fingerprint density at radius 2 is 1.02 bits per heavy atom. The highest BCUT2D eigenvalue weighted by molar-refractivity contribution is 8.08. The molecule has 9 atom stereocenters. The molecule has 3 fully saturated rings. The van der Waals surface area contributed by atoms with Crippen LogP contribution >= 0.6 is 23.5 Å². The number of fused-ring (bicyclic) bond motifs is 2. The summed E-state index contributed by atoms with van der Waals surface area (Å²) >= 11 is 1.24. The van der Waals surface area contributed by atoms with E-state index in [2.05, 4.69) is 53.2 Å². The van der Waals surface area contributed by atoms with Crippen LogP contribution in [0.2, 0.25) is 0 Å². The molecule has 5 aliphatic heterocycles. The molecule has 6 rings (SSSR count). The van der Waals surface area contributed by atoms with E-state index in [0.717, 1.165) is 0 Å². The number of aliphatic hydroxyl groups is 1. The molecule has 0 spiro atoms. The number of nitrogens with zero attached hydrogens (tertiary/aromatic N) is 6. The smallest absolute Gasteiger partial charge is 0.317 e. The van der Waals surface area contributed by atoms with Gasteiger partial charge >= 0.3 is 23.9 Å². The second-order valence-electron chi connectivity index (χ2n) is 29.8. The van der Waals surface area contributed by atoms with Crippen LogP contribution in [0.1, 0.15) is 109 Å². The second kappa shape index (κ2) is 53.8. The summed E-state index contributed by atoms with van der Waals surface area (Å²) in [6, 6.07) is -4.15. The van der Waals surface area contributed by atoms with Gasteiger partial charge in [0.1, 0.15) is 48.3 Å². The van der Waals surface area contributed by atoms with Crippen molar-refractivity contribution in [1.29, 1.82) is 0 Å². The van der Waals surface area contributed by atoms with Gasteiger partial charge in [-0.1, -0.05) is 50.1 Å². The Morgan fingerprint density at radius 1 is 0.525 bits per heavy atom. The zero-order chi connectivity index (χ0) is 89.2. The number of carboxylic acids is 4. The van der Waals surface area contributed by atoms with Crippen molar-refractivity contribution >= 4 is 130 Å². The van der Waals surface area contributed by atoms with E-state index in [1.165, 1.54) is 16.7 Å². The molecule has 5 heterocycles. The number of thioether (sulfide) groups is 2. The first-order chi connectivity index (χ1) is 58.3. The van der Waals surface area contributed by atoms with Crippen molar-refractivity contribution in [3.05, 3.63) is 45.7 Å². The molecule has 0 bridgehead atoms. The number of aliphatic carboxylic acids is 4. The molecule has 5 aliphatic rings. The number of hydrogen-bond donors (Lipinski definition) is 16. The Bertz CT molecular complexity index is 3780. The first-order valence-corrected chi connectivity index (χ1v) is 42.9. The molecule has 122 heavy (non-hydrogen) atoms. The molecule has 0 aliphatic carbocycles. The maximum absolute atomic E-state index is 15.3. The zero-order valence-corrected chi connectivity index (χ0v) is 70.4. The summed E-state index contributed by atoms with van der Waals surface area (Å²) in [5.74, 6) is -17.4. The minimum absolute atomic E-state index is 0.00423. The van der Waals surface area contributed by atoms with Gasteiger partial charge in [-0.25, -0.2) is 0 Å². The first kappa shape index (κ1) is 101. The van der Waals surface area contributed by atoms with Crippen molar-refractivity contribution in [3.63, 3.8) is 0 Å². The Morgan fingerprint density at radius 3 is 1.56 bits per heavy atom. The maximum Gasteiger partial charge on any atom is 0.317 e. The number of nitrogens with two attached hydrogens (primary N) is 1. The van der Waals surface area contributed by atoms with Crippen LogP contribution < -0.4 is 58.9 Å². The number of primary amides is 1. The van der Waals surface area contributed by atoms with E-state index in [9.17, 15) is 107 Å². The fourth-order valence-electron chi connectivity index (χ4n) is 13.8. The predicted octanol–water partition coefficient (Wildman–Crippen LogP) is -5.79. The summed E-state index contributed by atoms with van der Waals surface area (Å²) in [4.78, 5) is 251. The van der Waals surface area contributed by atoms with Crippen molar-refractivity contribution in [2.75, 3.05) is 162 Å². The summed E-state index contributed by atoms with van der Waals surface area (Å²) in [7, 11) is 0. The van der Waals surface area contributed by atoms with Crippen molar-refractivity contribution in [1.82, 2.24) is 82.6 Å². The monoisotopic (exact) mass is 1760 g/mol. The van der Waals surface area contributed by atoms with Crippen LogP contribution in [0, 0.1) is 0 Å². The molecule has 43 nitrogen and oxygen atoms in total. The van der Waals surface area contributed by atoms with E-state index in [0.29, 0.717) is 81.0 Å². The molecule has 678 valence electrons. The van der Waals surface area contributed by atoms with E-state index in [1.54, 1.807) is 45.0 Å². The molecule has 45 heteroatoms. The highest BCUT2D eigenvalue weighted by Gasteiger charge is 2.46. The van der Waals surface area contributed by atoms with Gasteiger partial charge in [-0.3, -0.25) is 111 Å². The van der Waals surface area contributed by atoms with E-state index in [4.69, 9.17) is 19.9 Å². The van der Waals surface area contributed by atoms with Gasteiger partial charge in [0.15, 0.2) is 0 Å².